The van der Waals surface area contributed by atoms with Crippen LogP contribution in [-0.2, 0) is 20.9 Å². The van der Waals surface area contributed by atoms with Gasteiger partial charge in [-0.2, -0.15) is 0 Å². The molecule has 0 spiro atoms. The van der Waals surface area contributed by atoms with E-state index >= 15 is 0 Å². The summed E-state index contributed by atoms with van der Waals surface area (Å²) in [6, 6.07) is 32.0. The molecule has 1 N–H and O–H groups in total. The van der Waals surface area contributed by atoms with Gasteiger partial charge in [-0.3, -0.25) is 23.7 Å². The summed E-state index contributed by atoms with van der Waals surface area (Å²) in [7, 11) is 0. The average molecular weight is 578 g/mol. The maximum absolute atomic E-state index is 13.9. The topological polar surface area (TPSA) is 88.5 Å². The second kappa shape index (κ2) is 10.2. The number of thiazole rings is 1. The van der Waals surface area contributed by atoms with Gasteiger partial charge in [0, 0.05) is 16.5 Å². The lowest BCUT2D eigenvalue weighted by Crippen LogP contribution is -2.33. The maximum atomic E-state index is 13.9. The first kappa shape index (κ1) is 25.5. The number of rotatable bonds is 5. The van der Waals surface area contributed by atoms with E-state index in [0.717, 1.165) is 27.7 Å². The van der Waals surface area contributed by atoms with Crippen LogP contribution < -0.4 is 15.1 Å². The second-order valence-electron chi connectivity index (χ2n) is 10.0. The Hall–Kier alpha value is -4.47. The minimum atomic E-state index is -0.718. The van der Waals surface area contributed by atoms with Crippen molar-refractivity contribution < 1.29 is 14.4 Å². The van der Waals surface area contributed by atoms with Crippen LogP contribution in [0.2, 0.25) is 0 Å². The average Bonchev–Trinajstić information content (AvgIpc) is 3.44. The molecule has 4 aromatic carbocycles. The van der Waals surface area contributed by atoms with Gasteiger partial charge in [0.1, 0.15) is 11.8 Å². The summed E-state index contributed by atoms with van der Waals surface area (Å²) in [5.41, 5.74) is 2.02. The summed E-state index contributed by atoms with van der Waals surface area (Å²) >= 11 is 2.26. The predicted molar refractivity (Wildman–Crippen MR) is 162 cm³/mol. The van der Waals surface area contributed by atoms with E-state index in [1.54, 1.807) is 24.3 Å². The first-order valence-electron chi connectivity index (χ1n) is 13.2. The van der Waals surface area contributed by atoms with Crippen LogP contribution in [0.5, 0.6) is 0 Å². The zero-order valence-corrected chi connectivity index (χ0v) is 23.2. The molecule has 1 aromatic heterocycles. The highest BCUT2D eigenvalue weighted by atomic mass is 32.2. The van der Waals surface area contributed by atoms with Crippen molar-refractivity contribution in [1.29, 1.82) is 0 Å². The molecule has 41 heavy (non-hydrogen) atoms. The third-order valence-corrected chi connectivity index (χ3v) is 10.2. The van der Waals surface area contributed by atoms with Gasteiger partial charge >= 0.3 is 4.87 Å². The first-order valence-corrected chi connectivity index (χ1v) is 14.9. The van der Waals surface area contributed by atoms with Crippen LogP contribution in [0.4, 0.5) is 11.4 Å². The fraction of sp³-hybridized carbons (Fsp3) is 0.125. The van der Waals surface area contributed by atoms with Crippen molar-refractivity contribution in [3.63, 3.8) is 0 Å². The number of thioether (sulfide) groups is 1. The number of fused-ring (bicyclic) bond motifs is 3. The Labute approximate surface area is 243 Å². The van der Waals surface area contributed by atoms with Crippen molar-refractivity contribution >= 4 is 63.0 Å². The highest BCUT2D eigenvalue weighted by Gasteiger charge is 2.56. The van der Waals surface area contributed by atoms with Crippen LogP contribution in [0.1, 0.15) is 16.4 Å². The van der Waals surface area contributed by atoms with E-state index in [9.17, 15) is 19.2 Å². The van der Waals surface area contributed by atoms with Gasteiger partial charge in [-0.25, -0.2) is 4.90 Å². The van der Waals surface area contributed by atoms with Gasteiger partial charge in [-0.05, 0) is 40.6 Å². The molecule has 0 radical (unpaired) electrons. The van der Waals surface area contributed by atoms with Gasteiger partial charge in [0.2, 0.25) is 17.7 Å². The number of para-hydroxylation sites is 1. The molecule has 1 saturated heterocycles. The molecule has 7 nitrogen and oxygen atoms in total. The maximum Gasteiger partial charge on any atom is 0.308 e. The molecule has 1 fully saturated rings. The van der Waals surface area contributed by atoms with E-state index in [-0.39, 0.29) is 29.1 Å². The van der Waals surface area contributed by atoms with Crippen LogP contribution in [0, 0.1) is 5.92 Å². The zero-order chi connectivity index (χ0) is 28.1. The van der Waals surface area contributed by atoms with Crippen LogP contribution >= 0.6 is 23.1 Å². The van der Waals surface area contributed by atoms with Crippen LogP contribution in [-0.4, -0.2) is 27.5 Å². The largest absolute Gasteiger partial charge is 0.325 e. The van der Waals surface area contributed by atoms with E-state index in [2.05, 4.69) is 5.32 Å². The molecule has 0 aliphatic carbocycles. The Morgan fingerprint density at radius 1 is 0.780 bits per heavy atom. The number of hydrogen-bond donors (Lipinski definition) is 1. The van der Waals surface area contributed by atoms with Gasteiger partial charge in [-0.1, -0.05) is 102 Å². The number of nitrogens with one attached hydrogen (secondary N) is 1. The van der Waals surface area contributed by atoms with E-state index in [4.69, 9.17) is 0 Å². The molecular formula is C32H23N3O4S2. The lowest BCUT2D eigenvalue weighted by atomic mass is 9.83. The third kappa shape index (κ3) is 4.38. The summed E-state index contributed by atoms with van der Waals surface area (Å²) in [5, 5.41) is 4.82. The van der Waals surface area contributed by atoms with Crippen LogP contribution in [0.25, 0.3) is 10.8 Å². The number of anilines is 2. The summed E-state index contributed by atoms with van der Waals surface area (Å²) in [4.78, 5) is 55.8. The first-order chi connectivity index (χ1) is 20.0. The van der Waals surface area contributed by atoms with Crippen LogP contribution in [0.3, 0.4) is 0 Å². The molecule has 0 saturated carbocycles. The molecule has 9 heteroatoms. The van der Waals surface area contributed by atoms with Crippen LogP contribution in [0.15, 0.2) is 113 Å². The number of carbonyl (C=O) groups is 3. The second-order valence-corrected chi connectivity index (χ2v) is 12.2. The lowest BCUT2D eigenvalue weighted by Gasteiger charge is -2.30. The number of nitrogens with zero attached hydrogens (tertiary/aromatic N) is 2. The summed E-state index contributed by atoms with van der Waals surface area (Å²) in [5.74, 6) is -2.08. The summed E-state index contributed by atoms with van der Waals surface area (Å²) in [6.45, 7) is -0.200. The van der Waals surface area contributed by atoms with E-state index in [0.29, 0.717) is 21.3 Å². The fourth-order valence-corrected chi connectivity index (χ4v) is 8.49. The Kier molecular flexibility index (Phi) is 6.33. The van der Waals surface area contributed by atoms with Gasteiger partial charge < -0.3 is 5.32 Å². The quantitative estimate of drug-likeness (QED) is 0.279. The zero-order valence-electron chi connectivity index (χ0n) is 21.6. The SMILES string of the molecule is O=C(Cn1c2c(sc1=O)[C@H](c1ccccc1)C1C(=O)N(c3ccccc3)C(=O)C1S2)Nc1ccc2ccccc2c1. The molecule has 202 valence electrons. The van der Waals surface area contributed by atoms with Gasteiger partial charge in [0.25, 0.3) is 0 Å². The van der Waals surface area contributed by atoms with Gasteiger partial charge in [0.05, 0.1) is 16.6 Å². The Balaban J connectivity index is 1.25. The molecule has 7 rings (SSSR count). The Morgan fingerprint density at radius 3 is 2.22 bits per heavy atom. The summed E-state index contributed by atoms with van der Waals surface area (Å²) < 4.78 is 1.44. The Morgan fingerprint density at radius 2 is 1.46 bits per heavy atom. The normalized spacial score (nSPS) is 19.7. The minimum Gasteiger partial charge on any atom is -0.325 e. The van der Waals surface area contributed by atoms with Crippen molar-refractivity contribution in [2.45, 2.75) is 22.7 Å². The predicted octanol–water partition coefficient (Wildman–Crippen LogP) is 5.50. The smallest absolute Gasteiger partial charge is 0.308 e. The van der Waals surface area contributed by atoms with E-state index < -0.39 is 17.1 Å². The molecule has 2 aliphatic rings. The number of amides is 3. The highest BCUT2D eigenvalue weighted by Crippen LogP contribution is 2.53. The van der Waals surface area contributed by atoms with Gasteiger partial charge in [0.15, 0.2) is 0 Å². The van der Waals surface area contributed by atoms with Crippen molar-refractivity contribution in [2.24, 2.45) is 5.92 Å². The Bertz CT molecular complexity index is 1880. The number of hydrogen-bond acceptors (Lipinski definition) is 6. The van der Waals surface area contributed by atoms with E-state index in [1.165, 1.54) is 21.2 Å². The third-order valence-electron chi connectivity index (χ3n) is 7.56. The van der Waals surface area contributed by atoms with Crippen molar-refractivity contribution in [2.75, 3.05) is 10.2 Å². The highest BCUT2D eigenvalue weighted by molar-refractivity contribution is 8.00. The number of imide groups is 1. The van der Waals surface area contributed by atoms with Crippen molar-refractivity contribution in [3.8, 4) is 0 Å². The number of aromatic nitrogens is 1. The van der Waals surface area contributed by atoms with E-state index in [1.807, 2.05) is 78.9 Å². The van der Waals surface area contributed by atoms with Crippen molar-refractivity contribution in [1.82, 2.24) is 4.57 Å². The molecule has 3 atom stereocenters. The standard InChI is InChI=1S/C32H23N3O4S2/c36-24(33-22-16-15-19-9-7-8-12-21(19)17-22)18-34-31-28(41-32(34)39)25(20-10-3-1-4-11-20)26-27(40-31)30(38)35(29(26)37)23-13-5-2-6-14-23/h1-17,25-27H,18H2,(H,33,36)/t25-,26?,27?/m1/s1. The lowest BCUT2D eigenvalue weighted by molar-refractivity contribution is -0.122. The molecule has 3 heterocycles. The molecule has 2 aliphatic heterocycles. The number of carbonyl (C=O) groups excluding carboxylic acids is 3. The monoisotopic (exact) mass is 577 g/mol. The van der Waals surface area contributed by atoms with Gasteiger partial charge in [-0.15, -0.1) is 0 Å². The molecular weight excluding hydrogens is 555 g/mol. The molecule has 0 bridgehead atoms. The summed E-state index contributed by atoms with van der Waals surface area (Å²) in [6.07, 6.45) is 0. The van der Waals surface area contributed by atoms with Crippen molar-refractivity contribution in [3.05, 3.63) is 123 Å². The molecule has 3 amide bonds. The minimum absolute atomic E-state index is 0.200. The molecule has 5 aromatic rings. The fourth-order valence-electron chi connectivity index (χ4n) is 5.72. The number of benzene rings is 4. The molecule has 2 unspecified atom stereocenters.